The summed E-state index contributed by atoms with van der Waals surface area (Å²) >= 11 is 0. The molecule has 8 heteroatoms. The first-order valence-electron chi connectivity index (χ1n) is 10.8. The van der Waals surface area contributed by atoms with Gasteiger partial charge in [0.25, 0.3) is 11.5 Å². The summed E-state index contributed by atoms with van der Waals surface area (Å²) in [6, 6.07) is 14.1. The lowest BCUT2D eigenvalue weighted by atomic mass is 10.1. The number of fused-ring (bicyclic) bond motifs is 1. The van der Waals surface area contributed by atoms with Gasteiger partial charge in [-0.3, -0.25) is 9.59 Å². The molecule has 0 bridgehead atoms. The molecule has 8 nitrogen and oxygen atoms in total. The van der Waals surface area contributed by atoms with E-state index in [-0.39, 0.29) is 24.1 Å². The zero-order valence-electron chi connectivity index (χ0n) is 19.1. The van der Waals surface area contributed by atoms with Crippen molar-refractivity contribution in [3.8, 4) is 5.75 Å². The van der Waals surface area contributed by atoms with Gasteiger partial charge in [-0.1, -0.05) is 23.4 Å². The fourth-order valence-electron chi connectivity index (χ4n) is 3.61. The molecule has 0 radical (unpaired) electrons. The number of carbonyl (C=O) groups is 1. The number of amides is 1. The van der Waals surface area contributed by atoms with Gasteiger partial charge < -0.3 is 19.1 Å². The van der Waals surface area contributed by atoms with Crippen molar-refractivity contribution in [3.63, 3.8) is 0 Å². The first kappa shape index (κ1) is 22.3. The van der Waals surface area contributed by atoms with E-state index in [2.05, 4.69) is 15.1 Å². The van der Waals surface area contributed by atoms with Crippen LogP contribution in [0.25, 0.3) is 10.9 Å². The summed E-state index contributed by atoms with van der Waals surface area (Å²) in [7, 11) is 0. The SMILES string of the molecule is Cc1noc(C)c1COc1cccc(C(=O)N(Cc2nc3ccccc3c(=O)[nH]2)C(C)C)c1. The second-order valence-electron chi connectivity index (χ2n) is 8.18. The Balaban J connectivity index is 1.55. The largest absolute Gasteiger partial charge is 0.489 e. The lowest BCUT2D eigenvalue weighted by molar-refractivity contribution is 0.0684. The third kappa shape index (κ3) is 4.79. The number of aromatic amines is 1. The van der Waals surface area contributed by atoms with Crippen LogP contribution in [0.2, 0.25) is 0 Å². The quantitative estimate of drug-likeness (QED) is 0.457. The average Bonchev–Trinajstić information content (AvgIpc) is 3.12. The maximum atomic E-state index is 13.4. The number of aryl methyl sites for hydroxylation is 2. The zero-order chi connectivity index (χ0) is 23.5. The van der Waals surface area contributed by atoms with Crippen molar-refractivity contribution in [1.82, 2.24) is 20.0 Å². The first-order valence-corrected chi connectivity index (χ1v) is 10.8. The number of para-hydroxylation sites is 1. The van der Waals surface area contributed by atoms with Gasteiger partial charge in [-0.2, -0.15) is 0 Å². The highest BCUT2D eigenvalue weighted by atomic mass is 16.5. The molecule has 0 aliphatic carbocycles. The van der Waals surface area contributed by atoms with E-state index in [1.165, 1.54) is 0 Å². The second kappa shape index (κ2) is 9.28. The molecule has 0 saturated heterocycles. The highest BCUT2D eigenvalue weighted by molar-refractivity contribution is 5.94. The predicted molar refractivity (Wildman–Crippen MR) is 124 cm³/mol. The molecule has 33 heavy (non-hydrogen) atoms. The maximum absolute atomic E-state index is 13.4. The summed E-state index contributed by atoms with van der Waals surface area (Å²) in [5.74, 6) is 1.54. The monoisotopic (exact) mass is 446 g/mol. The number of ether oxygens (including phenoxy) is 1. The number of nitrogens with one attached hydrogen (secondary N) is 1. The van der Waals surface area contributed by atoms with Crippen LogP contribution in [0.15, 0.2) is 57.8 Å². The van der Waals surface area contributed by atoms with E-state index >= 15 is 0 Å². The van der Waals surface area contributed by atoms with Crippen LogP contribution < -0.4 is 10.3 Å². The number of rotatable bonds is 7. The van der Waals surface area contributed by atoms with Crippen LogP contribution in [0.5, 0.6) is 5.75 Å². The summed E-state index contributed by atoms with van der Waals surface area (Å²) in [6.07, 6.45) is 0. The van der Waals surface area contributed by atoms with Crippen molar-refractivity contribution >= 4 is 16.8 Å². The van der Waals surface area contributed by atoms with Crippen molar-refractivity contribution in [3.05, 3.63) is 87.3 Å². The van der Waals surface area contributed by atoms with E-state index in [1.807, 2.05) is 33.8 Å². The van der Waals surface area contributed by atoms with Crippen LogP contribution in [0, 0.1) is 13.8 Å². The van der Waals surface area contributed by atoms with Crippen molar-refractivity contribution in [2.24, 2.45) is 0 Å². The Morgan fingerprint density at radius 3 is 2.67 bits per heavy atom. The predicted octanol–water partition coefficient (Wildman–Crippen LogP) is 4.16. The van der Waals surface area contributed by atoms with Crippen molar-refractivity contribution in [2.75, 3.05) is 0 Å². The number of nitrogens with zero attached hydrogens (tertiary/aromatic N) is 3. The molecule has 1 N–H and O–H groups in total. The molecule has 170 valence electrons. The van der Waals surface area contributed by atoms with Crippen molar-refractivity contribution < 1.29 is 14.1 Å². The minimum Gasteiger partial charge on any atom is -0.489 e. The van der Waals surface area contributed by atoms with Gasteiger partial charge in [0.15, 0.2) is 0 Å². The summed E-state index contributed by atoms with van der Waals surface area (Å²) < 4.78 is 11.1. The van der Waals surface area contributed by atoms with Crippen LogP contribution in [-0.4, -0.2) is 32.0 Å². The van der Waals surface area contributed by atoms with Gasteiger partial charge in [0.2, 0.25) is 0 Å². The Morgan fingerprint density at radius 2 is 1.94 bits per heavy atom. The molecule has 2 aromatic carbocycles. The zero-order valence-corrected chi connectivity index (χ0v) is 19.1. The Bertz CT molecular complexity index is 1340. The number of carbonyl (C=O) groups excluding carboxylic acids is 1. The molecule has 0 unspecified atom stereocenters. The number of H-pyrrole nitrogens is 1. The molecular weight excluding hydrogens is 420 g/mol. The Hall–Kier alpha value is -3.94. The molecule has 0 spiro atoms. The maximum Gasteiger partial charge on any atom is 0.258 e. The van der Waals surface area contributed by atoms with Crippen LogP contribution in [-0.2, 0) is 13.2 Å². The lowest BCUT2D eigenvalue weighted by Gasteiger charge is -2.26. The Morgan fingerprint density at radius 1 is 1.15 bits per heavy atom. The molecule has 0 saturated carbocycles. The van der Waals surface area contributed by atoms with Gasteiger partial charge in [-0.15, -0.1) is 0 Å². The van der Waals surface area contributed by atoms with Gasteiger partial charge in [0, 0.05) is 11.6 Å². The standard InChI is InChI=1S/C25H26N4O4/c1-15(2)29(13-23-26-22-11-6-5-10-20(22)24(30)27-23)25(31)18-8-7-9-19(12-18)32-14-21-16(3)28-33-17(21)4/h5-12,15H,13-14H2,1-4H3,(H,26,27,30). The summed E-state index contributed by atoms with van der Waals surface area (Å²) in [5.41, 5.74) is 2.54. The minimum absolute atomic E-state index is 0.110. The smallest absolute Gasteiger partial charge is 0.258 e. The van der Waals surface area contributed by atoms with E-state index in [0.29, 0.717) is 40.4 Å². The highest BCUT2D eigenvalue weighted by Gasteiger charge is 2.21. The number of benzene rings is 2. The Labute approximate surface area is 191 Å². The van der Waals surface area contributed by atoms with Gasteiger partial charge in [-0.25, -0.2) is 4.98 Å². The molecular formula is C25H26N4O4. The molecule has 0 aliphatic rings. The molecule has 0 atom stereocenters. The van der Waals surface area contributed by atoms with Crippen molar-refractivity contribution in [2.45, 2.75) is 46.9 Å². The second-order valence-corrected chi connectivity index (χ2v) is 8.18. The van der Waals surface area contributed by atoms with E-state index in [9.17, 15) is 9.59 Å². The normalized spacial score (nSPS) is 11.2. The molecule has 2 heterocycles. The summed E-state index contributed by atoms with van der Waals surface area (Å²) in [6.45, 7) is 8.03. The van der Waals surface area contributed by atoms with Gasteiger partial charge in [0.05, 0.1) is 28.7 Å². The molecule has 0 fully saturated rings. The minimum atomic E-state index is -0.221. The number of hydrogen-bond donors (Lipinski definition) is 1. The van der Waals surface area contributed by atoms with Gasteiger partial charge in [0.1, 0.15) is 23.9 Å². The Kier molecular flexibility index (Phi) is 6.26. The molecule has 4 rings (SSSR count). The lowest BCUT2D eigenvalue weighted by Crippen LogP contribution is -2.37. The van der Waals surface area contributed by atoms with E-state index in [0.717, 1.165) is 11.3 Å². The highest BCUT2D eigenvalue weighted by Crippen LogP contribution is 2.20. The van der Waals surface area contributed by atoms with E-state index in [4.69, 9.17) is 9.26 Å². The van der Waals surface area contributed by atoms with E-state index in [1.54, 1.807) is 47.4 Å². The van der Waals surface area contributed by atoms with Gasteiger partial charge in [-0.05, 0) is 58.0 Å². The third-order valence-electron chi connectivity index (χ3n) is 5.51. The summed E-state index contributed by atoms with van der Waals surface area (Å²) in [5, 5.41) is 4.46. The van der Waals surface area contributed by atoms with Crippen LogP contribution in [0.1, 0.15) is 47.0 Å². The average molecular weight is 447 g/mol. The molecule has 0 aliphatic heterocycles. The fourth-order valence-corrected chi connectivity index (χ4v) is 3.61. The van der Waals surface area contributed by atoms with Crippen LogP contribution in [0.3, 0.4) is 0 Å². The summed E-state index contributed by atoms with van der Waals surface area (Å²) in [4.78, 5) is 34.8. The number of hydrogen-bond acceptors (Lipinski definition) is 6. The fraction of sp³-hybridized carbons (Fsp3) is 0.280. The molecule has 4 aromatic rings. The topological polar surface area (TPSA) is 101 Å². The number of aromatic nitrogens is 3. The molecule has 2 aromatic heterocycles. The molecule has 1 amide bonds. The van der Waals surface area contributed by atoms with Crippen LogP contribution >= 0.6 is 0 Å². The van der Waals surface area contributed by atoms with Crippen LogP contribution in [0.4, 0.5) is 0 Å². The van der Waals surface area contributed by atoms with Crippen molar-refractivity contribution in [1.29, 1.82) is 0 Å². The van der Waals surface area contributed by atoms with Gasteiger partial charge >= 0.3 is 0 Å². The van der Waals surface area contributed by atoms with E-state index < -0.39 is 0 Å². The third-order valence-corrected chi connectivity index (χ3v) is 5.51. The first-order chi connectivity index (χ1) is 15.8.